The average Bonchev–Trinajstić information content (AvgIpc) is 2.98. The van der Waals surface area contributed by atoms with Gasteiger partial charge in [0.05, 0.1) is 22.4 Å². The maximum Gasteiger partial charge on any atom is 0.338 e. The van der Waals surface area contributed by atoms with Crippen molar-refractivity contribution in [1.82, 2.24) is 0 Å². The Morgan fingerprint density at radius 3 is 1.96 bits per heavy atom. The molecule has 0 saturated heterocycles. The van der Waals surface area contributed by atoms with E-state index in [1.54, 1.807) is 24.3 Å². The third-order valence-corrected chi connectivity index (χ3v) is 4.44. The van der Waals surface area contributed by atoms with Crippen LogP contribution in [-0.4, -0.2) is 17.8 Å². The summed E-state index contributed by atoms with van der Waals surface area (Å²) in [6, 6.07) is 18.3. The maximum atomic E-state index is 12.9. The Hall–Kier alpha value is -3.80. The third-order valence-electron chi connectivity index (χ3n) is 4.44. The summed E-state index contributed by atoms with van der Waals surface area (Å²) in [6.45, 7) is 0.0132. The first-order chi connectivity index (χ1) is 13.5. The monoisotopic (exact) mass is 375 g/mol. The van der Waals surface area contributed by atoms with Crippen molar-refractivity contribution in [2.45, 2.75) is 6.61 Å². The Balaban J connectivity index is 1.47. The van der Waals surface area contributed by atoms with Crippen LogP contribution in [0.25, 0.3) is 0 Å². The van der Waals surface area contributed by atoms with Crippen LogP contribution in [0, 0.1) is 5.82 Å². The SMILES string of the molecule is O=C(OCc1ccc(F)cc1)c1ccc(N2C(=O)c3ccccc3C2=O)cc1. The number of nitrogens with zero attached hydrogens (tertiary/aromatic N) is 1. The first kappa shape index (κ1) is 17.6. The molecule has 0 saturated carbocycles. The largest absolute Gasteiger partial charge is 0.457 e. The molecule has 5 nitrogen and oxygen atoms in total. The predicted octanol–water partition coefficient (Wildman–Crippen LogP) is 3.98. The predicted molar refractivity (Wildman–Crippen MR) is 99.5 cm³/mol. The van der Waals surface area contributed by atoms with Crippen molar-refractivity contribution in [2.24, 2.45) is 0 Å². The van der Waals surface area contributed by atoms with Gasteiger partial charge in [0.2, 0.25) is 0 Å². The van der Waals surface area contributed by atoms with Crippen LogP contribution in [0.2, 0.25) is 0 Å². The Kier molecular flexibility index (Phi) is 4.45. The number of ether oxygens (including phenoxy) is 1. The minimum absolute atomic E-state index is 0.0132. The topological polar surface area (TPSA) is 63.7 Å². The number of hydrogen-bond acceptors (Lipinski definition) is 4. The molecule has 0 unspecified atom stereocenters. The quantitative estimate of drug-likeness (QED) is 0.511. The Morgan fingerprint density at radius 1 is 0.821 bits per heavy atom. The molecular weight excluding hydrogens is 361 g/mol. The van der Waals surface area contributed by atoms with Gasteiger partial charge in [-0.15, -0.1) is 0 Å². The zero-order valence-corrected chi connectivity index (χ0v) is 14.6. The summed E-state index contributed by atoms with van der Waals surface area (Å²) in [5, 5.41) is 0. The van der Waals surface area contributed by atoms with Gasteiger partial charge in [-0.1, -0.05) is 24.3 Å². The highest BCUT2D eigenvalue weighted by Crippen LogP contribution is 2.28. The van der Waals surface area contributed by atoms with Gasteiger partial charge < -0.3 is 4.74 Å². The van der Waals surface area contributed by atoms with Crippen molar-refractivity contribution in [3.8, 4) is 0 Å². The number of fused-ring (bicyclic) bond motifs is 1. The summed E-state index contributed by atoms with van der Waals surface area (Å²) >= 11 is 0. The summed E-state index contributed by atoms with van der Waals surface area (Å²) in [5.74, 6) is -1.71. The summed E-state index contributed by atoms with van der Waals surface area (Å²) in [4.78, 5) is 38.3. The van der Waals surface area contributed by atoms with Crippen LogP contribution in [0.3, 0.4) is 0 Å². The third kappa shape index (κ3) is 3.16. The summed E-state index contributed by atoms with van der Waals surface area (Å²) < 4.78 is 18.1. The first-order valence-electron chi connectivity index (χ1n) is 8.54. The fourth-order valence-corrected chi connectivity index (χ4v) is 2.98. The minimum Gasteiger partial charge on any atom is -0.457 e. The average molecular weight is 375 g/mol. The second-order valence-corrected chi connectivity index (χ2v) is 6.24. The molecule has 0 aliphatic carbocycles. The molecule has 0 spiro atoms. The van der Waals surface area contributed by atoms with Gasteiger partial charge in [0.15, 0.2) is 0 Å². The number of halogens is 1. The number of carbonyl (C=O) groups excluding carboxylic acids is 3. The van der Waals surface area contributed by atoms with Gasteiger partial charge in [0, 0.05) is 0 Å². The van der Waals surface area contributed by atoms with Gasteiger partial charge in [0.1, 0.15) is 12.4 Å². The van der Waals surface area contributed by atoms with Gasteiger partial charge in [-0.05, 0) is 54.1 Å². The van der Waals surface area contributed by atoms with Crippen LogP contribution in [0.5, 0.6) is 0 Å². The van der Waals surface area contributed by atoms with E-state index in [2.05, 4.69) is 0 Å². The zero-order valence-electron chi connectivity index (χ0n) is 14.6. The lowest BCUT2D eigenvalue weighted by Gasteiger charge is -2.14. The molecule has 0 atom stereocenters. The van der Waals surface area contributed by atoms with Gasteiger partial charge >= 0.3 is 5.97 Å². The van der Waals surface area contributed by atoms with Crippen LogP contribution in [-0.2, 0) is 11.3 Å². The van der Waals surface area contributed by atoms with Crippen LogP contribution in [0.1, 0.15) is 36.6 Å². The van der Waals surface area contributed by atoms with Gasteiger partial charge in [-0.3, -0.25) is 9.59 Å². The molecule has 0 bridgehead atoms. The first-order valence-corrected chi connectivity index (χ1v) is 8.54. The van der Waals surface area contributed by atoms with Crippen molar-refractivity contribution < 1.29 is 23.5 Å². The molecule has 0 N–H and O–H groups in total. The summed E-state index contributed by atoms with van der Waals surface area (Å²) in [5.41, 5.74) is 2.03. The summed E-state index contributed by atoms with van der Waals surface area (Å²) in [6.07, 6.45) is 0. The lowest BCUT2D eigenvalue weighted by atomic mass is 10.1. The molecule has 1 heterocycles. The van der Waals surface area contributed by atoms with E-state index in [1.165, 1.54) is 48.5 Å². The molecular formula is C22H14FNO4. The number of amides is 2. The highest BCUT2D eigenvalue weighted by molar-refractivity contribution is 6.34. The molecule has 2 amide bonds. The normalized spacial score (nSPS) is 12.8. The van der Waals surface area contributed by atoms with Crippen LogP contribution < -0.4 is 4.90 Å². The number of hydrogen-bond donors (Lipinski definition) is 0. The molecule has 0 aromatic heterocycles. The number of anilines is 1. The van der Waals surface area contributed by atoms with E-state index in [1.807, 2.05) is 0 Å². The second kappa shape index (κ2) is 7.08. The molecule has 3 aromatic carbocycles. The molecule has 0 radical (unpaired) electrons. The van der Waals surface area contributed by atoms with Gasteiger partial charge in [-0.2, -0.15) is 0 Å². The molecule has 1 aliphatic rings. The number of esters is 1. The molecule has 0 fully saturated rings. The van der Waals surface area contributed by atoms with Crippen LogP contribution in [0.15, 0.2) is 72.8 Å². The minimum atomic E-state index is -0.557. The van der Waals surface area contributed by atoms with E-state index in [4.69, 9.17) is 4.74 Å². The Labute approximate surface area is 160 Å². The number of benzene rings is 3. The van der Waals surface area contributed by atoms with E-state index in [0.717, 1.165) is 4.90 Å². The number of imide groups is 1. The molecule has 1 aliphatic heterocycles. The van der Waals surface area contributed by atoms with E-state index in [9.17, 15) is 18.8 Å². The van der Waals surface area contributed by atoms with Gasteiger partial charge in [-0.25, -0.2) is 14.1 Å². The van der Waals surface area contributed by atoms with Crippen LogP contribution in [0.4, 0.5) is 10.1 Å². The van der Waals surface area contributed by atoms with E-state index in [0.29, 0.717) is 22.4 Å². The van der Waals surface area contributed by atoms with E-state index < -0.39 is 17.8 Å². The van der Waals surface area contributed by atoms with E-state index in [-0.39, 0.29) is 18.0 Å². The smallest absolute Gasteiger partial charge is 0.338 e. The van der Waals surface area contributed by atoms with Crippen molar-refractivity contribution in [2.75, 3.05) is 4.90 Å². The fraction of sp³-hybridized carbons (Fsp3) is 0.0455. The Morgan fingerprint density at radius 2 is 1.39 bits per heavy atom. The summed E-state index contributed by atoms with van der Waals surface area (Å²) in [7, 11) is 0. The lowest BCUT2D eigenvalue weighted by molar-refractivity contribution is 0.0472. The van der Waals surface area contributed by atoms with Crippen molar-refractivity contribution in [3.63, 3.8) is 0 Å². The number of carbonyl (C=O) groups is 3. The van der Waals surface area contributed by atoms with Crippen molar-refractivity contribution in [1.29, 1.82) is 0 Å². The molecule has 28 heavy (non-hydrogen) atoms. The fourth-order valence-electron chi connectivity index (χ4n) is 2.98. The maximum absolute atomic E-state index is 12.9. The molecule has 3 aromatic rings. The lowest BCUT2D eigenvalue weighted by Crippen LogP contribution is -2.29. The second-order valence-electron chi connectivity index (χ2n) is 6.24. The molecule has 4 rings (SSSR count). The Bertz CT molecular complexity index is 1040. The molecule has 6 heteroatoms. The van der Waals surface area contributed by atoms with E-state index >= 15 is 0 Å². The van der Waals surface area contributed by atoms with Gasteiger partial charge in [0.25, 0.3) is 11.8 Å². The highest BCUT2D eigenvalue weighted by atomic mass is 19.1. The molecule has 138 valence electrons. The van der Waals surface area contributed by atoms with Crippen LogP contribution >= 0.6 is 0 Å². The highest BCUT2D eigenvalue weighted by Gasteiger charge is 2.36. The van der Waals surface area contributed by atoms with Crippen molar-refractivity contribution >= 4 is 23.5 Å². The number of rotatable bonds is 4. The standard InChI is InChI=1S/C22H14FNO4/c23-16-9-5-14(6-10-16)13-28-22(27)15-7-11-17(12-8-15)24-20(25)18-3-1-2-4-19(18)21(24)26/h1-12H,13H2. The van der Waals surface area contributed by atoms with Crippen molar-refractivity contribution in [3.05, 3.63) is 101 Å². The zero-order chi connectivity index (χ0) is 19.7.